The van der Waals surface area contributed by atoms with E-state index in [4.69, 9.17) is 14.2 Å². The van der Waals surface area contributed by atoms with Crippen LogP contribution in [0.3, 0.4) is 0 Å². The number of ether oxygens (including phenoxy) is 3. The first-order chi connectivity index (χ1) is 13.5. The first-order valence-electron chi connectivity index (χ1n) is 8.92. The highest BCUT2D eigenvalue weighted by molar-refractivity contribution is 5.83. The quantitative estimate of drug-likeness (QED) is 0.602. The Hall–Kier alpha value is -2.39. The van der Waals surface area contributed by atoms with Gasteiger partial charge in [-0.25, -0.2) is 4.79 Å². The number of rotatable bonds is 4. The molecule has 158 valence electrons. The van der Waals surface area contributed by atoms with Gasteiger partial charge in [-0.3, -0.25) is 4.79 Å². The van der Waals surface area contributed by atoms with E-state index in [2.05, 4.69) is 6.58 Å². The van der Waals surface area contributed by atoms with Gasteiger partial charge in [-0.15, -0.1) is 0 Å². The van der Waals surface area contributed by atoms with Crippen LogP contribution < -0.4 is 0 Å². The van der Waals surface area contributed by atoms with Crippen molar-refractivity contribution in [3.8, 4) is 0 Å². The third kappa shape index (κ3) is 3.22. The Labute approximate surface area is 165 Å². The standard InChI is InChI=1S/C20H21F3O6/c1-11-10-28-16(24)15-13(11)9-14(18(15,2)26)29-17(25)19(27-3,20(21,22)23)12-7-5-4-6-8-12/h4-8,13-15,26H,1,9-10H2,2-3H3/t13-,14+,15-,18-,19-/m1/s1. The van der Waals surface area contributed by atoms with Crippen molar-refractivity contribution in [2.75, 3.05) is 13.7 Å². The SMILES string of the molecule is C=C1COC(=O)[C@H]2[C@@H]1C[C@H](OC(=O)[C@](OC)(c1ccccc1)C(F)(F)F)[C@@]2(C)O. The number of hydrogen-bond donors (Lipinski definition) is 1. The average Bonchev–Trinajstić information content (AvgIpc) is 2.91. The fourth-order valence-corrected chi connectivity index (χ4v) is 4.15. The number of aliphatic hydroxyl groups is 1. The summed E-state index contributed by atoms with van der Waals surface area (Å²) in [6.45, 7) is 4.97. The van der Waals surface area contributed by atoms with Crippen molar-refractivity contribution < 1.29 is 42.1 Å². The molecular weight excluding hydrogens is 393 g/mol. The zero-order valence-electron chi connectivity index (χ0n) is 15.9. The van der Waals surface area contributed by atoms with Gasteiger partial charge in [0, 0.05) is 18.6 Å². The van der Waals surface area contributed by atoms with Gasteiger partial charge < -0.3 is 19.3 Å². The summed E-state index contributed by atoms with van der Waals surface area (Å²) < 4.78 is 56.9. The number of halogens is 3. The molecule has 1 saturated heterocycles. The minimum Gasteiger partial charge on any atom is -0.461 e. The molecule has 0 bridgehead atoms. The van der Waals surface area contributed by atoms with Gasteiger partial charge in [-0.05, 0) is 18.9 Å². The molecule has 0 amide bonds. The Morgan fingerprint density at radius 1 is 1.31 bits per heavy atom. The second-order valence-electron chi connectivity index (χ2n) is 7.45. The van der Waals surface area contributed by atoms with Crippen LogP contribution in [0.25, 0.3) is 0 Å². The summed E-state index contributed by atoms with van der Waals surface area (Å²) in [6.07, 6.45) is -6.57. The number of carbonyl (C=O) groups is 2. The Kier molecular flexibility index (Phi) is 5.25. The summed E-state index contributed by atoms with van der Waals surface area (Å²) in [7, 11) is 0.757. The molecule has 1 N–H and O–H groups in total. The van der Waals surface area contributed by atoms with Crippen molar-refractivity contribution in [3.05, 3.63) is 48.0 Å². The smallest absolute Gasteiger partial charge is 0.432 e. The molecule has 0 radical (unpaired) electrons. The van der Waals surface area contributed by atoms with Crippen LogP contribution in [0.4, 0.5) is 13.2 Å². The van der Waals surface area contributed by atoms with E-state index < -0.39 is 52.8 Å². The van der Waals surface area contributed by atoms with Crippen molar-refractivity contribution in [2.45, 2.75) is 36.8 Å². The Morgan fingerprint density at radius 3 is 2.45 bits per heavy atom. The number of hydrogen-bond acceptors (Lipinski definition) is 6. The molecule has 1 aromatic rings. The molecule has 2 fully saturated rings. The van der Waals surface area contributed by atoms with Gasteiger partial charge in [0.25, 0.3) is 5.60 Å². The number of alkyl halides is 3. The van der Waals surface area contributed by atoms with E-state index in [-0.39, 0.29) is 13.0 Å². The Balaban J connectivity index is 1.97. The lowest BCUT2D eigenvalue weighted by atomic mass is 9.82. The summed E-state index contributed by atoms with van der Waals surface area (Å²) >= 11 is 0. The first-order valence-corrected chi connectivity index (χ1v) is 8.92. The third-order valence-electron chi connectivity index (χ3n) is 5.75. The minimum absolute atomic E-state index is 0.0503. The summed E-state index contributed by atoms with van der Waals surface area (Å²) in [4.78, 5) is 25.0. The predicted octanol–water partition coefficient (Wildman–Crippen LogP) is 2.50. The van der Waals surface area contributed by atoms with Crippen LogP contribution in [0.2, 0.25) is 0 Å². The Bertz CT molecular complexity index is 819. The molecule has 1 saturated carbocycles. The van der Waals surface area contributed by atoms with Gasteiger partial charge in [0.05, 0.1) is 5.92 Å². The molecule has 1 aliphatic heterocycles. The van der Waals surface area contributed by atoms with E-state index in [0.29, 0.717) is 5.57 Å². The molecule has 1 aromatic carbocycles. The van der Waals surface area contributed by atoms with Crippen LogP contribution in [0.5, 0.6) is 0 Å². The van der Waals surface area contributed by atoms with Crippen LogP contribution in [-0.4, -0.2) is 48.6 Å². The summed E-state index contributed by atoms with van der Waals surface area (Å²) in [5, 5.41) is 10.9. The highest BCUT2D eigenvalue weighted by atomic mass is 19.4. The topological polar surface area (TPSA) is 82.1 Å². The van der Waals surface area contributed by atoms with E-state index in [1.54, 1.807) is 0 Å². The number of benzene rings is 1. The maximum atomic E-state index is 14.0. The van der Waals surface area contributed by atoms with E-state index in [1.807, 2.05) is 0 Å². The highest BCUT2D eigenvalue weighted by Gasteiger charge is 2.66. The van der Waals surface area contributed by atoms with Crippen LogP contribution in [0.1, 0.15) is 18.9 Å². The van der Waals surface area contributed by atoms with Gasteiger partial charge in [0.2, 0.25) is 0 Å². The van der Waals surface area contributed by atoms with Crippen molar-refractivity contribution in [1.82, 2.24) is 0 Å². The minimum atomic E-state index is -5.14. The van der Waals surface area contributed by atoms with Crippen LogP contribution in [0, 0.1) is 11.8 Å². The molecule has 0 spiro atoms. The van der Waals surface area contributed by atoms with E-state index in [1.165, 1.54) is 25.1 Å². The van der Waals surface area contributed by atoms with Gasteiger partial charge in [-0.2, -0.15) is 13.2 Å². The van der Waals surface area contributed by atoms with Crippen molar-refractivity contribution in [2.24, 2.45) is 11.8 Å². The van der Waals surface area contributed by atoms with E-state index in [9.17, 15) is 27.9 Å². The first kappa shape index (κ1) is 21.3. The number of esters is 2. The number of fused-ring (bicyclic) bond motifs is 1. The van der Waals surface area contributed by atoms with Crippen molar-refractivity contribution in [3.63, 3.8) is 0 Å². The number of cyclic esters (lactones) is 1. The average molecular weight is 414 g/mol. The number of carbonyl (C=O) groups excluding carboxylic acids is 2. The van der Waals surface area contributed by atoms with E-state index >= 15 is 0 Å². The van der Waals surface area contributed by atoms with Gasteiger partial charge in [0.1, 0.15) is 18.3 Å². The molecule has 0 unspecified atom stereocenters. The fourth-order valence-electron chi connectivity index (χ4n) is 4.15. The van der Waals surface area contributed by atoms with E-state index in [0.717, 1.165) is 19.2 Å². The van der Waals surface area contributed by atoms with Crippen molar-refractivity contribution >= 4 is 11.9 Å². The van der Waals surface area contributed by atoms with Gasteiger partial charge in [-0.1, -0.05) is 36.9 Å². The normalized spacial score (nSPS) is 31.6. The van der Waals surface area contributed by atoms with Gasteiger partial charge in [0.15, 0.2) is 0 Å². The molecular formula is C20H21F3O6. The van der Waals surface area contributed by atoms with Crippen molar-refractivity contribution in [1.29, 1.82) is 0 Å². The molecule has 3 rings (SSSR count). The molecule has 6 nitrogen and oxygen atoms in total. The van der Waals surface area contributed by atoms with Crippen LogP contribution in [0.15, 0.2) is 42.5 Å². The lowest BCUT2D eigenvalue weighted by molar-refractivity contribution is -0.280. The predicted molar refractivity (Wildman–Crippen MR) is 93.4 cm³/mol. The molecule has 29 heavy (non-hydrogen) atoms. The second kappa shape index (κ2) is 7.14. The second-order valence-corrected chi connectivity index (χ2v) is 7.45. The molecule has 1 aliphatic carbocycles. The number of methoxy groups -OCH3 is 1. The monoisotopic (exact) mass is 414 g/mol. The maximum absolute atomic E-state index is 14.0. The zero-order chi connectivity index (χ0) is 21.6. The molecule has 9 heteroatoms. The maximum Gasteiger partial charge on any atom is 0.432 e. The molecule has 1 heterocycles. The van der Waals surface area contributed by atoms with Gasteiger partial charge >= 0.3 is 18.1 Å². The van der Waals surface area contributed by atoms with Crippen LogP contribution >= 0.6 is 0 Å². The molecule has 0 aromatic heterocycles. The summed E-state index contributed by atoms with van der Waals surface area (Å²) in [5.41, 5.74) is -5.26. The third-order valence-corrected chi connectivity index (χ3v) is 5.75. The Morgan fingerprint density at radius 2 is 1.93 bits per heavy atom. The molecule has 5 atom stereocenters. The largest absolute Gasteiger partial charge is 0.461 e. The fraction of sp³-hybridized carbons (Fsp3) is 0.500. The molecule has 2 aliphatic rings. The zero-order valence-corrected chi connectivity index (χ0v) is 15.9. The lowest BCUT2D eigenvalue weighted by Crippen LogP contribution is -2.55. The lowest BCUT2D eigenvalue weighted by Gasteiger charge is -2.36. The summed E-state index contributed by atoms with van der Waals surface area (Å²) in [5.74, 6) is -4.07. The summed E-state index contributed by atoms with van der Waals surface area (Å²) in [6, 6.07) is 6.37. The highest BCUT2D eigenvalue weighted by Crippen LogP contribution is 2.49. The van der Waals surface area contributed by atoms with Crippen LogP contribution in [-0.2, 0) is 29.4 Å².